The van der Waals surface area contributed by atoms with Crippen LogP contribution < -0.4 is 5.32 Å². The summed E-state index contributed by atoms with van der Waals surface area (Å²) in [5, 5.41) is 11.9. The van der Waals surface area contributed by atoms with Crippen molar-refractivity contribution in [3.8, 4) is 0 Å². The van der Waals surface area contributed by atoms with Crippen molar-refractivity contribution in [1.29, 1.82) is 0 Å². The molecule has 0 bridgehead atoms. The molecule has 0 spiro atoms. The Labute approximate surface area is 102 Å². The highest BCUT2D eigenvalue weighted by molar-refractivity contribution is 5.73. The summed E-state index contributed by atoms with van der Waals surface area (Å²) in [6.07, 6.45) is 4.13. The normalized spacial score (nSPS) is 23.8. The Balaban J connectivity index is 1.68. The topological polar surface area (TPSA) is 49.3 Å². The molecule has 92 valence electrons. The first kappa shape index (κ1) is 12.1. The average molecular weight is 233 g/mol. The molecule has 1 saturated heterocycles. The zero-order valence-corrected chi connectivity index (χ0v) is 9.93. The molecule has 0 radical (unpaired) electrons. The molecule has 0 aromatic heterocycles. The molecule has 17 heavy (non-hydrogen) atoms. The largest absolute Gasteiger partial charge is 0.480 e. The zero-order valence-electron chi connectivity index (χ0n) is 9.93. The van der Waals surface area contributed by atoms with Crippen molar-refractivity contribution >= 4 is 5.97 Å². The van der Waals surface area contributed by atoms with Crippen LogP contribution in [0.2, 0.25) is 0 Å². The van der Waals surface area contributed by atoms with Crippen molar-refractivity contribution in [2.45, 2.75) is 31.7 Å². The van der Waals surface area contributed by atoms with E-state index in [1.165, 1.54) is 5.56 Å². The minimum atomic E-state index is -0.712. The van der Waals surface area contributed by atoms with Crippen molar-refractivity contribution in [3.05, 3.63) is 35.9 Å². The lowest BCUT2D eigenvalue weighted by Gasteiger charge is -2.07. The van der Waals surface area contributed by atoms with Crippen molar-refractivity contribution in [2.75, 3.05) is 6.54 Å². The van der Waals surface area contributed by atoms with E-state index in [0.29, 0.717) is 5.92 Å². The van der Waals surface area contributed by atoms with Crippen LogP contribution in [-0.4, -0.2) is 23.7 Å². The summed E-state index contributed by atoms with van der Waals surface area (Å²) in [6.45, 7) is 0.853. The number of carboxylic acids is 1. The number of benzene rings is 1. The molecule has 3 nitrogen and oxygen atoms in total. The lowest BCUT2D eigenvalue weighted by Crippen LogP contribution is -2.29. The molecule has 0 aliphatic carbocycles. The zero-order chi connectivity index (χ0) is 12.1. The molecule has 2 rings (SSSR count). The molecule has 1 aliphatic heterocycles. The van der Waals surface area contributed by atoms with Crippen LogP contribution in [0.1, 0.15) is 24.8 Å². The second-order valence-electron chi connectivity index (χ2n) is 4.78. The molecule has 1 unspecified atom stereocenters. The number of rotatable bonds is 5. The lowest BCUT2D eigenvalue weighted by molar-refractivity contribution is -0.139. The maximum atomic E-state index is 10.8. The molecule has 0 saturated carbocycles. The molecule has 0 amide bonds. The number of carboxylic acid groups (broad SMARTS) is 1. The van der Waals surface area contributed by atoms with Gasteiger partial charge in [-0.05, 0) is 43.7 Å². The van der Waals surface area contributed by atoms with Gasteiger partial charge in [-0.1, -0.05) is 30.3 Å². The van der Waals surface area contributed by atoms with E-state index in [0.717, 1.165) is 32.2 Å². The van der Waals surface area contributed by atoms with Gasteiger partial charge in [0.1, 0.15) is 6.04 Å². The second-order valence-corrected chi connectivity index (χ2v) is 4.78. The van der Waals surface area contributed by atoms with Crippen LogP contribution in [0, 0.1) is 5.92 Å². The summed E-state index contributed by atoms with van der Waals surface area (Å²) in [6, 6.07) is 10.1. The number of hydrogen-bond acceptors (Lipinski definition) is 2. The van der Waals surface area contributed by atoms with Gasteiger partial charge in [0.05, 0.1) is 0 Å². The van der Waals surface area contributed by atoms with E-state index in [-0.39, 0.29) is 6.04 Å². The van der Waals surface area contributed by atoms with Gasteiger partial charge in [-0.3, -0.25) is 4.79 Å². The summed E-state index contributed by atoms with van der Waals surface area (Å²) < 4.78 is 0. The second kappa shape index (κ2) is 5.82. The first-order chi connectivity index (χ1) is 8.25. The van der Waals surface area contributed by atoms with Gasteiger partial charge in [-0.25, -0.2) is 0 Å². The van der Waals surface area contributed by atoms with Crippen LogP contribution in [-0.2, 0) is 11.2 Å². The third-order valence-electron chi connectivity index (χ3n) is 3.44. The van der Waals surface area contributed by atoms with Crippen LogP contribution in [0.15, 0.2) is 30.3 Å². The van der Waals surface area contributed by atoms with Gasteiger partial charge < -0.3 is 10.4 Å². The number of aryl methyl sites for hydroxylation is 1. The van der Waals surface area contributed by atoms with Gasteiger partial charge in [-0.15, -0.1) is 0 Å². The van der Waals surface area contributed by atoms with E-state index in [2.05, 4.69) is 29.6 Å². The van der Waals surface area contributed by atoms with E-state index in [1.807, 2.05) is 6.07 Å². The maximum absolute atomic E-state index is 10.8. The third-order valence-corrected chi connectivity index (χ3v) is 3.44. The van der Waals surface area contributed by atoms with Gasteiger partial charge in [0.15, 0.2) is 0 Å². The van der Waals surface area contributed by atoms with Gasteiger partial charge >= 0.3 is 5.97 Å². The minimum absolute atomic E-state index is 0.322. The predicted octanol–water partition coefficient (Wildman–Crippen LogP) is 2.07. The highest BCUT2D eigenvalue weighted by atomic mass is 16.4. The highest BCUT2D eigenvalue weighted by Gasteiger charge is 2.28. The third kappa shape index (κ3) is 3.56. The van der Waals surface area contributed by atoms with Crippen LogP contribution >= 0.6 is 0 Å². The fourth-order valence-electron chi connectivity index (χ4n) is 2.46. The first-order valence-corrected chi connectivity index (χ1v) is 6.26. The molecular weight excluding hydrogens is 214 g/mol. The van der Waals surface area contributed by atoms with Crippen molar-refractivity contribution < 1.29 is 9.90 Å². The molecule has 3 heteroatoms. The van der Waals surface area contributed by atoms with Crippen LogP contribution in [0.25, 0.3) is 0 Å². The fourth-order valence-corrected chi connectivity index (χ4v) is 2.46. The molecule has 2 atom stereocenters. The number of aliphatic carboxylic acids is 1. The summed E-state index contributed by atoms with van der Waals surface area (Å²) >= 11 is 0. The van der Waals surface area contributed by atoms with Gasteiger partial charge in [0.2, 0.25) is 0 Å². The SMILES string of the molecule is O=C(O)[C@@H]1CC(CCCc2ccccc2)CN1. The molecule has 2 N–H and O–H groups in total. The van der Waals surface area contributed by atoms with E-state index >= 15 is 0 Å². The summed E-state index contributed by atoms with van der Waals surface area (Å²) in [5.74, 6) is -0.185. The quantitative estimate of drug-likeness (QED) is 0.818. The van der Waals surface area contributed by atoms with Crippen molar-refractivity contribution in [1.82, 2.24) is 5.32 Å². The van der Waals surface area contributed by atoms with Gasteiger partial charge in [0.25, 0.3) is 0 Å². The number of nitrogens with one attached hydrogen (secondary N) is 1. The van der Waals surface area contributed by atoms with Crippen LogP contribution in [0.4, 0.5) is 0 Å². The molecule has 1 fully saturated rings. The molecule has 1 heterocycles. The van der Waals surface area contributed by atoms with E-state index in [4.69, 9.17) is 5.11 Å². The monoisotopic (exact) mass is 233 g/mol. The van der Waals surface area contributed by atoms with Crippen molar-refractivity contribution in [3.63, 3.8) is 0 Å². The standard InChI is InChI=1S/C14H19NO2/c16-14(17)13-9-12(10-15-13)8-4-7-11-5-2-1-3-6-11/h1-3,5-6,12-13,15H,4,7-10H2,(H,16,17)/t12?,13-/m0/s1. The molecular formula is C14H19NO2. The summed E-state index contributed by atoms with van der Waals surface area (Å²) in [5.41, 5.74) is 1.37. The summed E-state index contributed by atoms with van der Waals surface area (Å²) in [7, 11) is 0. The van der Waals surface area contributed by atoms with E-state index in [1.54, 1.807) is 0 Å². The van der Waals surface area contributed by atoms with E-state index in [9.17, 15) is 4.79 Å². The summed E-state index contributed by atoms with van der Waals surface area (Å²) in [4.78, 5) is 10.8. The van der Waals surface area contributed by atoms with Crippen LogP contribution in [0.3, 0.4) is 0 Å². The lowest BCUT2D eigenvalue weighted by atomic mass is 9.97. The number of hydrogen-bond donors (Lipinski definition) is 2. The predicted molar refractivity (Wildman–Crippen MR) is 66.9 cm³/mol. The Hall–Kier alpha value is -1.35. The Kier molecular flexibility index (Phi) is 4.15. The van der Waals surface area contributed by atoms with Gasteiger partial charge in [-0.2, -0.15) is 0 Å². The smallest absolute Gasteiger partial charge is 0.320 e. The molecule has 1 aliphatic rings. The Morgan fingerprint density at radius 1 is 1.35 bits per heavy atom. The molecule has 1 aromatic carbocycles. The number of carbonyl (C=O) groups is 1. The first-order valence-electron chi connectivity index (χ1n) is 6.26. The highest BCUT2D eigenvalue weighted by Crippen LogP contribution is 2.20. The van der Waals surface area contributed by atoms with E-state index < -0.39 is 5.97 Å². The Morgan fingerprint density at radius 2 is 2.12 bits per heavy atom. The average Bonchev–Trinajstić information content (AvgIpc) is 2.79. The Bertz CT molecular complexity index is 364. The molecule has 1 aromatic rings. The Morgan fingerprint density at radius 3 is 2.76 bits per heavy atom. The minimum Gasteiger partial charge on any atom is -0.480 e. The van der Waals surface area contributed by atoms with Gasteiger partial charge in [0, 0.05) is 0 Å². The fraction of sp³-hybridized carbons (Fsp3) is 0.500. The van der Waals surface area contributed by atoms with Crippen molar-refractivity contribution in [2.24, 2.45) is 5.92 Å². The van der Waals surface area contributed by atoms with Crippen LogP contribution in [0.5, 0.6) is 0 Å². The maximum Gasteiger partial charge on any atom is 0.320 e.